The molecule has 2 unspecified atom stereocenters. The van der Waals surface area contributed by atoms with Crippen LogP contribution in [0.1, 0.15) is 50.6 Å². The van der Waals surface area contributed by atoms with E-state index in [0.29, 0.717) is 23.6 Å². The second kappa shape index (κ2) is 10.5. The van der Waals surface area contributed by atoms with Crippen LogP contribution in [-0.2, 0) is 4.57 Å². The van der Waals surface area contributed by atoms with Crippen LogP contribution in [0.2, 0.25) is 0 Å². The molecule has 1 aromatic carbocycles. The van der Waals surface area contributed by atoms with E-state index in [1.54, 1.807) is 14.2 Å². The molecule has 0 bridgehead atoms. The largest absolute Gasteiger partial charge is 0.493 e. The average molecular weight is 399 g/mol. The van der Waals surface area contributed by atoms with Crippen molar-refractivity contribution >= 4 is 7.37 Å². The molecule has 0 amide bonds. The lowest BCUT2D eigenvalue weighted by Gasteiger charge is -2.25. The van der Waals surface area contributed by atoms with Gasteiger partial charge in [-0.3, -0.25) is 4.57 Å². The molecule has 1 aliphatic rings. The molecule has 0 saturated heterocycles. The van der Waals surface area contributed by atoms with E-state index in [2.05, 4.69) is 5.32 Å². The van der Waals surface area contributed by atoms with Gasteiger partial charge in [0.05, 0.1) is 26.5 Å². The molecule has 27 heavy (non-hydrogen) atoms. The Bertz CT molecular complexity index is 633. The predicted octanol–water partition coefficient (Wildman–Crippen LogP) is 3.57. The molecule has 0 aliphatic heterocycles. The SMILES string of the molecule is COc1ccc(C(C)NC[C@H](O)CP(=O)(O)CC2CCCCC2)cc1OC. The van der Waals surface area contributed by atoms with Crippen molar-refractivity contribution in [1.82, 2.24) is 5.32 Å². The van der Waals surface area contributed by atoms with Gasteiger partial charge in [0.1, 0.15) is 0 Å². The van der Waals surface area contributed by atoms with Crippen molar-refractivity contribution < 1.29 is 24.0 Å². The van der Waals surface area contributed by atoms with Crippen molar-refractivity contribution in [2.75, 3.05) is 33.1 Å². The molecule has 1 saturated carbocycles. The minimum absolute atomic E-state index is 0.0316. The summed E-state index contributed by atoms with van der Waals surface area (Å²) in [5.74, 6) is 1.65. The quantitative estimate of drug-likeness (QED) is 0.522. The Morgan fingerprint density at radius 1 is 1.19 bits per heavy atom. The van der Waals surface area contributed by atoms with Crippen molar-refractivity contribution in [2.24, 2.45) is 5.92 Å². The van der Waals surface area contributed by atoms with Gasteiger partial charge in [0.15, 0.2) is 11.5 Å². The van der Waals surface area contributed by atoms with E-state index in [1.807, 2.05) is 25.1 Å². The summed E-state index contributed by atoms with van der Waals surface area (Å²) in [6.07, 6.45) is 5.06. The van der Waals surface area contributed by atoms with E-state index in [0.717, 1.165) is 31.2 Å². The first kappa shape index (κ1) is 22.2. The third-order valence-electron chi connectivity index (χ3n) is 5.33. The summed E-state index contributed by atoms with van der Waals surface area (Å²) in [7, 11) is -0.114. The van der Waals surface area contributed by atoms with E-state index < -0.39 is 13.5 Å². The van der Waals surface area contributed by atoms with Crippen molar-refractivity contribution in [3.8, 4) is 11.5 Å². The van der Waals surface area contributed by atoms with E-state index in [1.165, 1.54) is 6.42 Å². The Kier molecular flexibility index (Phi) is 8.62. The van der Waals surface area contributed by atoms with Crippen molar-refractivity contribution in [1.29, 1.82) is 0 Å². The lowest BCUT2D eigenvalue weighted by Crippen LogP contribution is -2.32. The van der Waals surface area contributed by atoms with E-state index in [4.69, 9.17) is 9.47 Å². The van der Waals surface area contributed by atoms with E-state index >= 15 is 0 Å². The number of benzene rings is 1. The summed E-state index contributed by atoms with van der Waals surface area (Å²) in [6.45, 7) is 2.25. The van der Waals surface area contributed by atoms with Crippen LogP contribution < -0.4 is 14.8 Å². The Balaban J connectivity index is 1.83. The molecule has 2 rings (SSSR count). The summed E-state index contributed by atoms with van der Waals surface area (Å²) in [4.78, 5) is 10.3. The van der Waals surface area contributed by atoms with Crippen LogP contribution in [0.4, 0.5) is 0 Å². The highest BCUT2D eigenvalue weighted by Crippen LogP contribution is 2.45. The highest BCUT2D eigenvalue weighted by molar-refractivity contribution is 7.58. The minimum Gasteiger partial charge on any atom is -0.493 e. The lowest BCUT2D eigenvalue weighted by molar-refractivity contribution is 0.186. The smallest absolute Gasteiger partial charge is 0.203 e. The number of rotatable bonds is 10. The summed E-state index contributed by atoms with van der Waals surface area (Å²) >= 11 is 0. The first-order valence-corrected chi connectivity index (χ1v) is 11.8. The van der Waals surface area contributed by atoms with Gasteiger partial charge in [0, 0.05) is 18.7 Å². The normalized spacial score (nSPS) is 19.9. The van der Waals surface area contributed by atoms with Crippen LogP contribution in [0.25, 0.3) is 0 Å². The molecule has 7 heteroatoms. The van der Waals surface area contributed by atoms with Crippen molar-refractivity contribution in [2.45, 2.75) is 51.2 Å². The fourth-order valence-corrected chi connectivity index (χ4v) is 5.90. The Labute approximate surface area is 162 Å². The van der Waals surface area contributed by atoms with Crippen LogP contribution in [0.15, 0.2) is 18.2 Å². The summed E-state index contributed by atoms with van der Waals surface area (Å²) in [6, 6.07) is 5.64. The third kappa shape index (κ3) is 7.11. The van der Waals surface area contributed by atoms with Gasteiger partial charge in [-0.25, -0.2) is 0 Å². The van der Waals surface area contributed by atoms with Crippen LogP contribution in [0.3, 0.4) is 0 Å². The molecule has 1 fully saturated rings. The number of aliphatic hydroxyl groups excluding tert-OH is 1. The molecule has 6 nitrogen and oxygen atoms in total. The van der Waals surface area contributed by atoms with Gasteiger partial charge < -0.3 is 24.8 Å². The second-order valence-electron chi connectivity index (χ2n) is 7.61. The number of ether oxygens (including phenoxy) is 2. The molecule has 0 spiro atoms. The number of methoxy groups -OCH3 is 2. The predicted molar refractivity (Wildman–Crippen MR) is 108 cm³/mol. The Morgan fingerprint density at radius 3 is 2.48 bits per heavy atom. The molecule has 1 aliphatic carbocycles. The highest BCUT2D eigenvalue weighted by atomic mass is 31.2. The molecule has 3 atom stereocenters. The van der Waals surface area contributed by atoms with Gasteiger partial charge >= 0.3 is 0 Å². The van der Waals surface area contributed by atoms with Gasteiger partial charge in [-0.15, -0.1) is 0 Å². The standard InChI is InChI=1S/C20H34NO5P/c1-15(17-9-10-19(25-2)20(11-17)26-3)21-12-18(22)14-27(23,24)13-16-7-5-4-6-8-16/h9-11,15-16,18,21-22H,4-8,12-14H2,1-3H3,(H,23,24)/t15?,18-/m0/s1. The molecule has 0 radical (unpaired) electrons. The van der Waals surface area contributed by atoms with Crippen molar-refractivity contribution in [3.05, 3.63) is 23.8 Å². The van der Waals surface area contributed by atoms with Crippen LogP contribution >= 0.6 is 7.37 Å². The first-order chi connectivity index (χ1) is 12.8. The fraction of sp³-hybridized carbons (Fsp3) is 0.700. The molecule has 0 aromatic heterocycles. The Morgan fingerprint density at radius 2 is 1.85 bits per heavy atom. The molecular weight excluding hydrogens is 365 g/mol. The monoisotopic (exact) mass is 399 g/mol. The van der Waals surface area contributed by atoms with Crippen LogP contribution in [0, 0.1) is 5.92 Å². The summed E-state index contributed by atoms with van der Waals surface area (Å²) < 4.78 is 23.1. The summed E-state index contributed by atoms with van der Waals surface area (Å²) in [5, 5.41) is 13.5. The number of nitrogens with one attached hydrogen (secondary N) is 1. The lowest BCUT2D eigenvalue weighted by atomic mass is 9.91. The maximum atomic E-state index is 12.5. The zero-order valence-electron chi connectivity index (χ0n) is 16.7. The van der Waals surface area contributed by atoms with Gasteiger partial charge in [0.25, 0.3) is 0 Å². The summed E-state index contributed by atoms with van der Waals surface area (Å²) in [5.41, 5.74) is 0.995. The zero-order chi connectivity index (χ0) is 19.9. The molecule has 1 aromatic rings. The van der Waals surface area contributed by atoms with Crippen LogP contribution in [0.5, 0.6) is 11.5 Å². The van der Waals surface area contributed by atoms with Gasteiger partial charge in [-0.1, -0.05) is 25.3 Å². The number of hydrogen-bond acceptors (Lipinski definition) is 5. The van der Waals surface area contributed by atoms with Gasteiger partial charge in [0.2, 0.25) is 7.37 Å². The first-order valence-electron chi connectivity index (χ1n) is 9.79. The zero-order valence-corrected chi connectivity index (χ0v) is 17.6. The minimum atomic E-state index is -3.30. The van der Waals surface area contributed by atoms with Crippen LogP contribution in [-0.4, -0.2) is 49.2 Å². The number of aliphatic hydroxyl groups is 1. The van der Waals surface area contributed by atoms with E-state index in [-0.39, 0.29) is 18.7 Å². The Hall–Kier alpha value is -1.07. The average Bonchev–Trinajstić information content (AvgIpc) is 2.65. The second-order valence-corrected chi connectivity index (χ2v) is 10.0. The maximum absolute atomic E-state index is 12.5. The topological polar surface area (TPSA) is 88.0 Å². The van der Waals surface area contributed by atoms with Crippen molar-refractivity contribution in [3.63, 3.8) is 0 Å². The van der Waals surface area contributed by atoms with Gasteiger partial charge in [-0.05, 0) is 43.4 Å². The van der Waals surface area contributed by atoms with Gasteiger partial charge in [-0.2, -0.15) is 0 Å². The molecule has 154 valence electrons. The molecular formula is C20H34NO5P. The third-order valence-corrected chi connectivity index (χ3v) is 7.41. The molecule has 3 N–H and O–H groups in total. The van der Waals surface area contributed by atoms with E-state index in [9.17, 15) is 14.6 Å². The fourth-order valence-electron chi connectivity index (χ4n) is 3.79. The molecule has 0 heterocycles. The number of hydrogen-bond donors (Lipinski definition) is 3. The maximum Gasteiger partial charge on any atom is 0.203 e. The highest BCUT2D eigenvalue weighted by Gasteiger charge is 2.28.